The molecule has 0 saturated heterocycles. The molecule has 0 bridgehead atoms. The molecule has 0 radical (unpaired) electrons. The molecule has 1 fully saturated rings. The van der Waals surface area contributed by atoms with E-state index in [9.17, 15) is 4.79 Å². The molecule has 146 valence electrons. The van der Waals surface area contributed by atoms with Crippen LogP contribution >= 0.6 is 0 Å². The molecule has 0 heterocycles. The fraction of sp³-hybridized carbons (Fsp3) is 0.682. The molecule has 1 unspecified atom stereocenters. The van der Waals surface area contributed by atoms with Gasteiger partial charge in [-0.25, -0.2) is 4.79 Å². The van der Waals surface area contributed by atoms with E-state index in [1.54, 1.807) is 0 Å². The van der Waals surface area contributed by atoms with Gasteiger partial charge < -0.3 is 9.64 Å². The monoisotopic (exact) mass is 360 g/mol. The molecule has 0 aromatic heterocycles. The molecule has 1 saturated carbocycles. The number of hydrogen-bond acceptors (Lipinski definition) is 4. The van der Waals surface area contributed by atoms with Crippen molar-refractivity contribution in [2.24, 2.45) is 5.92 Å². The van der Waals surface area contributed by atoms with Gasteiger partial charge in [0.05, 0.1) is 6.61 Å². The van der Waals surface area contributed by atoms with Crippen LogP contribution in [0.1, 0.15) is 70.0 Å². The van der Waals surface area contributed by atoms with Crippen LogP contribution in [0.3, 0.4) is 0 Å². The number of ether oxygens (including phenoxy) is 1. The maximum Gasteiger partial charge on any atom is 0.327 e. The van der Waals surface area contributed by atoms with Crippen LogP contribution in [0.25, 0.3) is 0 Å². The highest BCUT2D eigenvalue weighted by atomic mass is 16.5. The minimum Gasteiger partial charge on any atom is -0.464 e. The molecule has 1 aromatic rings. The Kier molecular flexibility index (Phi) is 8.60. The standard InChI is InChI=1S/C22H36N2O2/c1-5-24(6-2)15-14-23-21(22(25)26-16-18-8-7-9-18)20-12-10-19(11-13-20)17(3)4/h10-13,17-18,21,23H,5-9,14-16H2,1-4H3. The fourth-order valence-electron chi connectivity index (χ4n) is 3.26. The van der Waals surface area contributed by atoms with E-state index in [0.717, 1.165) is 31.7 Å². The lowest BCUT2D eigenvalue weighted by Gasteiger charge is -2.26. The first kappa shape index (κ1) is 20.9. The Morgan fingerprint density at radius 2 is 1.77 bits per heavy atom. The minimum atomic E-state index is -0.383. The van der Waals surface area contributed by atoms with E-state index in [2.05, 4.69) is 62.2 Å². The molecule has 4 nitrogen and oxygen atoms in total. The Labute approximate surface area is 159 Å². The first-order valence-electron chi connectivity index (χ1n) is 10.3. The Balaban J connectivity index is 2.00. The number of benzene rings is 1. The van der Waals surface area contributed by atoms with Crippen molar-refractivity contribution in [1.82, 2.24) is 10.2 Å². The first-order valence-corrected chi connectivity index (χ1v) is 10.3. The maximum atomic E-state index is 12.7. The summed E-state index contributed by atoms with van der Waals surface area (Å²) in [6, 6.07) is 7.99. The molecule has 26 heavy (non-hydrogen) atoms. The van der Waals surface area contributed by atoms with Crippen LogP contribution in [-0.2, 0) is 9.53 Å². The average molecular weight is 361 g/mol. The number of likely N-dealkylation sites (N-methyl/N-ethyl adjacent to an activating group) is 1. The van der Waals surface area contributed by atoms with Crippen molar-refractivity contribution >= 4 is 5.97 Å². The predicted molar refractivity (Wildman–Crippen MR) is 107 cm³/mol. The van der Waals surface area contributed by atoms with Crippen molar-refractivity contribution in [2.75, 3.05) is 32.8 Å². The normalized spacial score (nSPS) is 15.9. The summed E-state index contributed by atoms with van der Waals surface area (Å²) in [4.78, 5) is 15.1. The molecule has 1 aliphatic carbocycles. The van der Waals surface area contributed by atoms with Crippen molar-refractivity contribution in [1.29, 1.82) is 0 Å². The van der Waals surface area contributed by atoms with Crippen LogP contribution in [0.4, 0.5) is 0 Å². The Bertz CT molecular complexity index is 534. The molecule has 0 amide bonds. The summed E-state index contributed by atoms with van der Waals surface area (Å²) >= 11 is 0. The molecule has 0 spiro atoms. The lowest BCUT2D eigenvalue weighted by atomic mass is 9.86. The topological polar surface area (TPSA) is 41.6 Å². The van der Waals surface area contributed by atoms with Crippen LogP contribution in [-0.4, -0.2) is 43.7 Å². The van der Waals surface area contributed by atoms with Gasteiger partial charge in [-0.2, -0.15) is 0 Å². The van der Waals surface area contributed by atoms with E-state index >= 15 is 0 Å². The fourth-order valence-corrected chi connectivity index (χ4v) is 3.26. The Morgan fingerprint density at radius 1 is 1.15 bits per heavy atom. The highest BCUT2D eigenvalue weighted by molar-refractivity contribution is 5.77. The minimum absolute atomic E-state index is 0.145. The predicted octanol–water partition coefficient (Wildman–Crippen LogP) is 4.13. The SMILES string of the molecule is CCN(CC)CCNC(C(=O)OCC1CCC1)c1ccc(C(C)C)cc1. The Hall–Kier alpha value is -1.39. The molecule has 1 atom stereocenters. The number of hydrogen-bond donors (Lipinski definition) is 1. The van der Waals surface area contributed by atoms with Crippen LogP contribution in [0.2, 0.25) is 0 Å². The zero-order valence-corrected chi connectivity index (χ0v) is 17.0. The summed E-state index contributed by atoms with van der Waals surface area (Å²) < 4.78 is 5.64. The molecule has 4 heteroatoms. The summed E-state index contributed by atoms with van der Waals surface area (Å²) in [6.45, 7) is 13.0. The average Bonchev–Trinajstić information content (AvgIpc) is 2.60. The van der Waals surface area contributed by atoms with Gasteiger partial charge in [0.15, 0.2) is 0 Å². The molecule has 1 N–H and O–H groups in total. The number of nitrogens with one attached hydrogen (secondary N) is 1. The summed E-state index contributed by atoms with van der Waals surface area (Å²) in [7, 11) is 0. The van der Waals surface area contributed by atoms with Crippen molar-refractivity contribution in [3.63, 3.8) is 0 Å². The zero-order chi connectivity index (χ0) is 18.9. The van der Waals surface area contributed by atoms with E-state index in [-0.39, 0.29) is 12.0 Å². The lowest BCUT2D eigenvalue weighted by molar-refractivity contribution is -0.148. The Morgan fingerprint density at radius 3 is 2.27 bits per heavy atom. The third-order valence-electron chi connectivity index (χ3n) is 5.53. The van der Waals surface area contributed by atoms with E-state index in [0.29, 0.717) is 18.4 Å². The van der Waals surface area contributed by atoms with Gasteiger partial charge in [0, 0.05) is 13.1 Å². The first-order chi connectivity index (χ1) is 12.5. The van der Waals surface area contributed by atoms with Gasteiger partial charge in [-0.1, -0.05) is 58.4 Å². The van der Waals surface area contributed by atoms with E-state index < -0.39 is 0 Å². The number of rotatable bonds is 11. The van der Waals surface area contributed by atoms with Crippen molar-refractivity contribution in [2.45, 2.75) is 58.9 Å². The van der Waals surface area contributed by atoms with E-state index in [4.69, 9.17) is 4.74 Å². The van der Waals surface area contributed by atoms with Crippen LogP contribution < -0.4 is 5.32 Å². The lowest BCUT2D eigenvalue weighted by Crippen LogP contribution is -2.37. The summed E-state index contributed by atoms with van der Waals surface area (Å²) in [5.74, 6) is 0.913. The van der Waals surface area contributed by atoms with E-state index in [1.165, 1.54) is 24.8 Å². The van der Waals surface area contributed by atoms with Crippen molar-refractivity contribution < 1.29 is 9.53 Å². The van der Waals surface area contributed by atoms with Crippen molar-refractivity contribution in [3.8, 4) is 0 Å². The summed E-state index contributed by atoms with van der Waals surface area (Å²) in [6.07, 6.45) is 3.65. The largest absolute Gasteiger partial charge is 0.464 e. The van der Waals surface area contributed by atoms with Crippen molar-refractivity contribution in [3.05, 3.63) is 35.4 Å². The molecular formula is C22H36N2O2. The van der Waals surface area contributed by atoms with Gasteiger partial charge in [-0.05, 0) is 48.9 Å². The molecule has 0 aliphatic heterocycles. The highest BCUT2D eigenvalue weighted by Gasteiger charge is 2.25. The third kappa shape index (κ3) is 6.10. The number of carbonyl (C=O) groups is 1. The second-order valence-electron chi connectivity index (χ2n) is 7.66. The zero-order valence-electron chi connectivity index (χ0n) is 17.0. The maximum absolute atomic E-state index is 12.7. The second-order valence-corrected chi connectivity index (χ2v) is 7.66. The smallest absolute Gasteiger partial charge is 0.327 e. The van der Waals surface area contributed by atoms with Gasteiger partial charge in [0.1, 0.15) is 6.04 Å². The van der Waals surface area contributed by atoms with Crippen LogP contribution in [0.5, 0.6) is 0 Å². The molecule has 1 aliphatic rings. The molecule has 2 rings (SSSR count). The molecule has 1 aromatic carbocycles. The number of esters is 1. The van der Waals surface area contributed by atoms with Gasteiger partial charge in [-0.3, -0.25) is 5.32 Å². The summed E-state index contributed by atoms with van der Waals surface area (Å²) in [5.41, 5.74) is 2.28. The highest BCUT2D eigenvalue weighted by Crippen LogP contribution is 2.27. The third-order valence-corrected chi connectivity index (χ3v) is 5.53. The number of nitrogens with zero attached hydrogens (tertiary/aromatic N) is 1. The van der Waals surface area contributed by atoms with Gasteiger partial charge in [0.25, 0.3) is 0 Å². The van der Waals surface area contributed by atoms with Crippen LogP contribution in [0, 0.1) is 5.92 Å². The number of carbonyl (C=O) groups excluding carboxylic acids is 1. The second kappa shape index (κ2) is 10.7. The quantitative estimate of drug-likeness (QED) is 0.603. The van der Waals surface area contributed by atoms with Crippen LogP contribution in [0.15, 0.2) is 24.3 Å². The molecular weight excluding hydrogens is 324 g/mol. The van der Waals surface area contributed by atoms with Gasteiger partial charge >= 0.3 is 5.97 Å². The van der Waals surface area contributed by atoms with Gasteiger partial charge in [0.2, 0.25) is 0 Å². The van der Waals surface area contributed by atoms with Gasteiger partial charge in [-0.15, -0.1) is 0 Å². The summed E-state index contributed by atoms with van der Waals surface area (Å²) in [5, 5.41) is 3.43. The van der Waals surface area contributed by atoms with E-state index in [1.807, 2.05) is 0 Å².